The van der Waals surface area contributed by atoms with Crippen LogP contribution in [0, 0.1) is 0 Å². The summed E-state index contributed by atoms with van der Waals surface area (Å²) in [6, 6.07) is 5.99. The first kappa shape index (κ1) is 14.9. The van der Waals surface area contributed by atoms with Crippen LogP contribution in [-0.2, 0) is 11.3 Å². The van der Waals surface area contributed by atoms with E-state index in [2.05, 4.69) is 15.2 Å². The van der Waals surface area contributed by atoms with E-state index in [-0.39, 0.29) is 5.91 Å². The SMILES string of the molecule is CNC(C)(C)C(=O)N1CCN(Cc2ccccn2)CC1. The third-order valence-corrected chi connectivity index (χ3v) is 3.93. The minimum atomic E-state index is -0.483. The van der Waals surface area contributed by atoms with E-state index in [0.717, 1.165) is 38.4 Å². The Hall–Kier alpha value is -1.46. The van der Waals surface area contributed by atoms with Gasteiger partial charge in [0.25, 0.3) is 0 Å². The van der Waals surface area contributed by atoms with Gasteiger partial charge in [0.1, 0.15) is 0 Å². The van der Waals surface area contributed by atoms with Crippen molar-refractivity contribution in [3.63, 3.8) is 0 Å². The summed E-state index contributed by atoms with van der Waals surface area (Å²) in [5.41, 5.74) is 0.603. The Morgan fingerprint density at radius 3 is 2.55 bits per heavy atom. The second kappa shape index (κ2) is 6.33. The first-order valence-corrected chi connectivity index (χ1v) is 7.13. The molecular formula is C15H24N4O. The predicted molar refractivity (Wildman–Crippen MR) is 79.2 cm³/mol. The number of carbonyl (C=O) groups is 1. The van der Waals surface area contributed by atoms with Crippen LogP contribution in [0.5, 0.6) is 0 Å². The highest BCUT2D eigenvalue weighted by atomic mass is 16.2. The summed E-state index contributed by atoms with van der Waals surface area (Å²) in [6.07, 6.45) is 1.82. The van der Waals surface area contributed by atoms with E-state index in [9.17, 15) is 4.79 Å². The molecule has 1 aromatic heterocycles. The summed E-state index contributed by atoms with van der Waals surface area (Å²) in [4.78, 5) is 21.0. The maximum absolute atomic E-state index is 12.3. The molecule has 1 aliphatic rings. The van der Waals surface area contributed by atoms with E-state index in [1.807, 2.05) is 50.2 Å². The second-order valence-corrected chi connectivity index (χ2v) is 5.76. The van der Waals surface area contributed by atoms with Gasteiger partial charge in [-0.05, 0) is 33.0 Å². The molecule has 0 aliphatic carbocycles. The molecule has 2 rings (SSSR count). The molecule has 1 fully saturated rings. The van der Waals surface area contributed by atoms with E-state index in [4.69, 9.17) is 0 Å². The Bertz CT molecular complexity index is 438. The summed E-state index contributed by atoms with van der Waals surface area (Å²) >= 11 is 0. The number of nitrogens with one attached hydrogen (secondary N) is 1. The van der Waals surface area contributed by atoms with Gasteiger partial charge in [0.05, 0.1) is 11.2 Å². The average Bonchev–Trinajstić information content (AvgIpc) is 2.48. The van der Waals surface area contributed by atoms with Gasteiger partial charge in [-0.15, -0.1) is 0 Å². The number of piperazine rings is 1. The van der Waals surface area contributed by atoms with Gasteiger partial charge >= 0.3 is 0 Å². The summed E-state index contributed by atoms with van der Waals surface area (Å²) in [5, 5.41) is 3.07. The zero-order valence-electron chi connectivity index (χ0n) is 12.6. The number of hydrogen-bond acceptors (Lipinski definition) is 4. The highest BCUT2D eigenvalue weighted by molar-refractivity contribution is 5.85. The third-order valence-electron chi connectivity index (χ3n) is 3.93. The van der Waals surface area contributed by atoms with Gasteiger partial charge in [-0.25, -0.2) is 0 Å². The molecule has 1 N–H and O–H groups in total. The highest BCUT2D eigenvalue weighted by Gasteiger charge is 2.32. The van der Waals surface area contributed by atoms with E-state index in [1.54, 1.807) is 0 Å². The van der Waals surface area contributed by atoms with Crippen molar-refractivity contribution in [1.82, 2.24) is 20.1 Å². The van der Waals surface area contributed by atoms with Crippen LogP contribution < -0.4 is 5.32 Å². The van der Waals surface area contributed by atoms with Crippen LogP contribution in [0.15, 0.2) is 24.4 Å². The molecule has 20 heavy (non-hydrogen) atoms. The number of hydrogen-bond donors (Lipinski definition) is 1. The maximum atomic E-state index is 12.3. The molecule has 2 heterocycles. The lowest BCUT2D eigenvalue weighted by molar-refractivity contribution is -0.138. The number of carbonyl (C=O) groups excluding carboxylic acids is 1. The molecule has 5 heteroatoms. The van der Waals surface area contributed by atoms with Crippen LogP contribution in [0.3, 0.4) is 0 Å². The van der Waals surface area contributed by atoms with Crippen LogP contribution in [0.25, 0.3) is 0 Å². The molecule has 1 aliphatic heterocycles. The number of likely N-dealkylation sites (N-methyl/N-ethyl adjacent to an activating group) is 1. The normalized spacial score (nSPS) is 17.2. The molecule has 5 nitrogen and oxygen atoms in total. The number of rotatable bonds is 4. The zero-order valence-corrected chi connectivity index (χ0v) is 12.6. The van der Waals surface area contributed by atoms with Crippen LogP contribution >= 0.6 is 0 Å². The van der Waals surface area contributed by atoms with Gasteiger partial charge in [-0.2, -0.15) is 0 Å². The standard InChI is InChI=1S/C15H24N4O/c1-15(2,16-3)14(20)19-10-8-18(9-11-19)12-13-6-4-5-7-17-13/h4-7,16H,8-12H2,1-3H3. The van der Waals surface area contributed by atoms with Crippen molar-refractivity contribution in [2.75, 3.05) is 33.2 Å². The molecular weight excluding hydrogens is 252 g/mol. The van der Waals surface area contributed by atoms with Crippen LogP contribution in [0.1, 0.15) is 19.5 Å². The Labute approximate surface area is 121 Å². The smallest absolute Gasteiger partial charge is 0.242 e. The molecule has 110 valence electrons. The predicted octanol–water partition coefficient (Wildman–Crippen LogP) is 0.724. The van der Waals surface area contributed by atoms with Crippen LogP contribution in [0.2, 0.25) is 0 Å². The number of aromatic nitrogens is 1. The van der Waals surface area contributed by atoms with Crippen molar-refractivity contribution in [2.24, 2.45) is 0 Å². The largest absolute Gasteiger partial charge is 0.339 e. The molecule has 1 aromatic rings. The van der Waals surface area contributed by atoms with Gasteiger partial charge in [-0.3, -0.25) is 14.7 Å². The lowest BCUT2D eigenvalue weighted by Gasteiger charge is -2.38. The molecule has 0 aromatic carbocycles. The van der Waals surface area contributed by atoms with Crippen molar-refractivity contribution in [3.05, 3.63) is 30.1 Å². The zero-order chi connectivity index (χ0) is 14.6. The van der Waals surface area contributed by atoms with Crippen molar-refractivity contribution < 1.29 is 4.79 Å². The van der Waals surface area contributed by atoms with Gasteiger partial charge in [-0.1, -0.05) is 6.07 Å². The third kappa shape index (κ3) is 3.55. The Kier molecular flexibility index (Phi) is 4.73. The Morgan fingerprint density at radius 1 is 1.30 bits per heavy atom. The quantitative estimate of drug-likeness (QED) is 0.880. The Balaban J connectivity index is 1.85. The lowest BCUT2D eigenvalue weighted by atomic mass is 10.0. The van der Waals surface area contributed by atoms with Crippen molar-refractivity contribution in [3.8, 4) is 0 Å². The number of nitrogens with zero attached hydrogens (tertiary/aromatic N) is 3. The molecule has 0 unspecified atom stereocenters. The van der Waals surface area contributed by atoms with Gasteiger partial charge < -0.3 is 10.2 Å². The highest BCUT2D eigenvalue weighted by Crippen LogP contribution is 2.12. The fraction of sp³-hybridized carbons (Fsp3) is 0.600. The second-order valence-electron chi connectivity index (χ2n) is 5.76. The lowest BCUT2D eigenvalue weighted by Crippen LogP contribution is -2.57. The fourth-order valence-corrected chi connectivity index (χ4v) is 2.33. The molecule has 0 spiro atoms. The minimum absolute atomic E-state index is 0.178. The maximum Gasteiger partial charge on any atom is 0.242 e. The summed E-state index contributed by atoms with van der Waals surface area (Å²) < 4.78 is 0. The van der Waals surface area contributed by atoms with E-state index in [0.29, 0.717) is 0 Å². The Morgan fingerprint density at radius 2 is 2.00 bits per heavy atom. The summed E-state index contributed by atoms with van der Waals surface area (Å²) in [7, 11) is 1.83. The first-order chi connectivity index (χ1) is 9.53. The van der Waals surface area contributed by atoms with Gasteiger partial charge in [0.2, 0.25) is 5.91 Å². The van der Waals surface area contributed by atoms with E-state index in [1.165, 1.54) is 0 Å². The number of amides is 1. The molecule has 0 bridgehead atoms. The molecule has 1 amide bonds. The monoisotopic (exact) mass is 276 g/mol. The summed E-state index contributed by atoms with van der Waals surface area (Å²) in [5.74, 6) is 0.178. The molecule has 0 radical (unpaired) electrons. The average molecular weight is 276 g/mol. The molecule has 0 atom stereocenters. The minimum Gasteiger partial charge on any atom is -0.339 e. The van der Waals surface area contributed by atoms with E-state index >= 15 is 0 Å². The van der Waals surface area contributed by atoms with E-state index < -0.39 is 5.54 Å². The molecule has 0 saturated carbocycles. The fourth-order valence-electron chi connectivity index (χ4n) is 2.33. The van der Waals surface area contributed by atoms with Gasteiger partial charge in [0.15, 0.2) is 0 Å². The van der Waals surface area contributed by atoms with Crippen molar-refractivity contribution >= 4 is 5.91 Å². The first-order valence-electron chi connectivity index (χ1n) is 7.13. The van der Waals surface area contributed by atoms with Crippen LogP contribution in [0.4, 0.5) is 0 Å². The van der Waals surface area contributed by atoms with Crippen LogP contribution in [-0.4, -0.2) is 59.5 Å². The van der Waals surface area contributed by atoms with Crippen molar-refractivity contribution in [2.45, 2.75) is 25.9 Å². The topological polar surface area (TPSA) is 48.5 Å². The number of pyridine rings is 1. The summed E-state index contributed by atoms with van der Waals surface area (Å²) in [6.45, 7) is 8.10. The molecule has 1 saturated heterocycles. The van der Waals surface area contributed by atoms with Gasteiger partial charge in [0, 0.05) is 38.9 Å². The van der Waals surface area contributed by atoms with Crippen molar-refractivity contribution in [1.29, 1.82) is 0 Å².